The van der Waals surface area contributed by atoms with Gasteiger partial charge in [-0.2, -0.15) is 5.10 Å². The van der Waals surface area contributed by atoms with Gasteiger partial charge < -0.3 is 15.3 Å². The summed E-state index contributed by atoms with van der Waals surface area (Å²) in [5, 5.41) is 16.1. The first kappa shape index (κ1) is 19.1. The number of nitrogens with zero attached hydrogens (tertiary/aromatic N) is 2. The number of amides is 2. The van der Waals surface area contributed by atoms with Crippen molar-refractivity contribution in [1.29, 1.82) is 0 Å². The van der Waals surface area contributed by atoms with Gasteiger partial charge in [-0.3, -0.25) is 15.0 Å². The number of hydrazone groups is 1. The Morgan fingerprint density at radius 2 is 1.86 bits per heavy atom. The first-order valence-corrected chi connectivity index (χ1v) is 8.87. The topological polar surface area (TPSA) is 111 Å². The Hall–Kier alpha value is -3.68. The molecule has 0 fully saturated rings. The lowest BCUT2D eigenvalue weighted by molar-refractivity contribution is -0.110. The van der Waals surface area contributed by atoms with Gasteiger partial charge in [-0.25, -0.2) is 4.79 Å². The molecule has 0 radical (unpaired) electrons. The molecule has 0 saturated heterocycles. The third-order valence-corrected chi connectivity index (χ3v) is 4.48. The van der Waals surface area contributed by atoms with Gasteiger partial charge in [0.05, 0.1) is 16.9 Å². The minimum Gasteiger partial charge on any atom is -0.478 e. The van der Waals surface area contributed by atoms with Gasteiger partial charge in [-0.15, -0.1) is 0 Å². The molecule has 1 aliphatic rings. The van der Waals surface area contributed by atoms with Crippen molar-refractivity contribution >= 4 is 34.9 Å². The van der Waals surface area contributed by atoms with E-state index in [1.165, 1.54) is 6.07 Å². The molecule has 0 atom stereocenters. The number of para-hydroxylation sites is 1. The second kappa shape index (κ2) is 7.91. The van der Waals surface area contributed by atoms with E-state index in [2.05, 4.69) is 15.8 Å². The SMILES string of the molecule is CCN(CC)C(=O)c1ccc2c(c1)/C(=N/Nc1ccccc1C(=O)O)C(=O)N2. The number of hydrogen-bond acceptors (Lipinski definition) is 5. The van der Waals surface area contributed by atoms with Crippen LogP contribution in [-0.2, 0) is 4.79 Å². The Bertz CT molecular complexity index is 980. The third-order valence-electron chi connectivity index (χ3n) is 4.48. The molecule has 8 heteroatoms. The molecular weight excluding hydrogens is 360 g/mol. The van der Waals surface area contributed by atoms with Gasteiger partial charge in [0, 0.05) is 24.2 Å². The zero-order valence-electron chi connectivity index (χ0n) is 15.5. The maximum Gasteiger partial charge on any atom is 0.337 e. The van der Waals surface area contributed by atoms with Gasteiger partial charge in [-0.1, -0.05) is 12.1 Å². The Balaban J connectivity index is 1.94. The van der Waals surface area contributed by atoms with Crippen LogP contribution >= 0.6 is 0 Å². The van der Waals surface area contributed by atoms with Crippen molar-refractivity contribution in [3.63, 3.8) is 0 Å². The van der Waals surface area contributed by atoms with E-state index in [1.807, 2.05) is 13.8 Å². The molecular formula is C20H20N4O4. The highest BCUT2D eigenvalue weighted by molar-refractivity contribution is 6.54. The predicted molar refractivity (Wildman–Crippen MR) is 106 cm³/mol. The zero-order valence-corrected chi connectivity index (χ0v) is 15.5. The highest BCUT2D eigenvalue weighted by atomic mass is 16.4. The molecule has 2 aromatic carbocycles. The first-order chi connectivity index (χ1) is 13.5. The lowest BCUT2D eigenvalue weighted by Gasteiger charge is -2.18. The Labute approximate surface area is 161 Å². The molecule has 0 unspecified atom stereocenters. The van der Waals surface area contributed by atoms with Crippen LogP contribution in [-0.4, -0.2) is 46.6 Å². The number of carbonyl (C=O) groups is 3. The molecule has 0 aliphatic carbocycles. The number of benzene rings is 2. The summed E-state index contributed by atoms with van der Waals surface area (Å²) < 4.78 is 0. The maximum absolute atomic E-state index is 12.6. The summed E-state index contributed by atoms with van der Waals surface area (Å²) in [5.74, 6) is -1.66. The average Bonchev–Trinajstić information content (AvgIpc) is 3.01. The molecule has 3 N–H and O–H groups in total. The van der Waals surface area contributed by atoms with Gasteiger partial charge in [-0.05, 0) is 44.2 Å². The maximum atomic E-state index is 12.6. The molecule has 144 valence electrons. The fourth-order valence-corrected chi connectivity index (χ4v) is 2.97. The van der Waals surface area contributed by atoms with E-state index in [0.29, 0.717) is 29.9 Å². The normalized spacial score (nSPS) is 13.8. The third kappa shape index (κ3) is 3.57. The van der Waals surface area contributed by atoms with Crippen LogP contribution in [0.25, 0.3) is 0 Å². The molecule has 3 rings (SSSR count). The highest BCUT2D eigenvalue weighted by Crippen LogP contribution is 2.26. The number of nitrogens with one attached hydrogen (secondary N) is 2. The molecule has 0 saturated carbocycles. The Kier molecular flexibility index (Phi) is 5.39. The van der Waals surface area contributed by atoms with Crippen molar-refractivity contribution in [3.8, 4) is 0 Å². The first-order valence-electron chi connectivity index (χ1n) is 8.87. The lowest BCUT2D eigenvalue weighted by atomic mass is 10.1. The standard InChI is InChI=1S/C20H20N4O4/c1-3-24(4-2)19(26)12-9-10-15-14(11-12)17(18(25)21-15)23-22-16-8-6-5-7-13(16)20(27)28/h5-11,22H,3-4H2,1-2H3,(H,27,28)(H,21,23,25). The van der Waals surface area contributed by atoms with Crippen LogP contribution in [0.1, 0.15) is 40.1 Å². The van der Waals surface area contributed by atoms with Crippen LogP contribution in [0.2, 0.25) is 0 Å². The van der Waals surface area contributed by atoms with Crippen molar-refractivity contribution in [1.82, 2.24) is 4.90 Å². The van der Waals surface area contributed by atoms with Gasteiger partial charge in [0.2, 0.25) is 0 Å². The minimum absolute atomic E-state index is 0.0379. The fraction of sp³-hybridized carbons (Fsp3) is 0.200. The van der Waals surface area contributed by atoms with Crippen molar-refractivity contribution in [2.45, 2.75) is 13.8 Å². The van der Waals surface area contributed by atoms with Crippen LogP contribution in [0.4, 0.5) is 11.4 Å². The summed E-state index contributed by atoms with van der Waals surface area (Å²) in [6.07, 6.45) is 0. The smallest absolute Gasteiger partial charge is 0.337 e. The molecule has 0 spiro atoms. The molecule has 0 bridgehead atoms. The second-order valence-corrected chi connectivity index (χ2v) is 6.11. The van der Waals surface area contributed by atoms with Crippen molar-refractivity contribution in [2.75, 3.05) is 23.8 Å². The van der Waals surface area contributed by atoms with Crippen molar-refractivity contribution in [2.24, 2.45) is 5.10 Å². The summed E-state index contributed by atoms with van der Waals surface area (Å²) in [6, 6.07) is 11.2. The van der Waals surface area contributed by atoms with E-state index in [1.54, 1.807) is 41.3 Å². The van der Waals surface area contributed by atoms with Gasteiger partial charge in [0.25, 0.3) is 11.8 Å². The van der Waals surface area contributed by atoms with Crippen LogP contribution in [0.5, 0.6) is 0 Å². The molecule has 8 nitrogen and oxygen atoms in total. The van der Waals surface area contributed by atoms with Gasteiger partial charge >= 0.3 is 5.97 Å². The summed E-state index contributed by atoms with van der Waals surface area (Å²) in [5.41, 5.74) is 4.54. The monoisotopic (exact) mass is 380 g/mol. The van der Waals surface area contributed by atoms with E-state index < -0.39 is 11.9 Å². The number of carboxylic acid groups (broad SMARTS) is 1. The summed E-state index contributed by atoms with van der Waals surface area (Å²) in [7, 11) is 0. The van der Waals surface area contributed by atoms with Crippen LogP contribution < -0.4 is 10.7 Å². The van der Waals surface area contributed by atoms with Gasteiger partial charge in [0.15, 0.2) is 5.71 Å². The summed E-state index contributed by atoms with van der Waals surface area (Å²) >= 11 is 0. The molecule has 28 heavy (non-hydrogen) atoms. The van der Waals surface area contributed by atoms with Crippen molar-refractivity contribution in [3.05, 3.63) is 59.2 Å². The zero-order chi connectivity index (χ0) is 20.3. The van der Waals surface area contributed by atoms with Crippen LogP contribution in [0.3, 0.4) is 0 Å². The number of carbonyl (C=O) groups excluding carboxylic acids is 2. The van der Waals surface area contributed by atoms with E-state index in [0.717, 1.165) is 0 Å². The van der Waals surface area contributed by atoms with E-state index in [4.69, 9.17) is 0 Å². The van der Waals surface area contributed by atoms with Gasteiger partial charge in [0.1, 0.15) is 0 Å². The average molecular weight is 380 g/mol. The van der Waals surface area contributed by atoms with Crippen LogP contribution in [0, 0.1) is 0 Å². The lowest BCUT2D eigenvalue weighted by Crippen LogP contribution is -2.30. The molecule has 2 amide bonds. The fourth-order valence-electron chi connectivity index (χ4n) is 2.97. The number of anilines is 2. The van der Waals surface area contributed by atoms with E-state index in [-0.39, 0.29) is 22.9 Å². The van der Waals surface area contributed by atoms with Crippen molar-refractivity contribution < 1.29 is 19.5 Å². The predicted octanol–water partition coefficient (Wildman–Crippen LogP) is 2.64. The largest absolute Gasteiger partial charge is 0.478 e. The number of carboxylic acids is 1. The van der Waals surface area contributed by atoms with E-state index in [9.17, 15) is 19.5 Å². The molecule has 1 aliphatic heterocycles. The number of rotatable bonds is 6. The minimum atomic E-state index is -1.10. The quantitative estimate of drug-likeness (QED) is 0.667. The highest BCUT2D eigenvalue weighted by Gasteiger charge is 2.28. The molecule has 2 aromatic rings. The molecule has 1 heterocycles. The van der Waals surface area contributed by atoms with Crippen LogP contribution in [0.15, 0.2) is 47.6 Å². The molecule has 0 aromatic heterocycles. The second-order valence-electron chi connectivity index (χ2n) is 6.11. The number of fused-ring (bicyclic) bond motifs is 1. The number of aromatic carboxylic acids is 1. The van der Waals surface area contributed by atoms with E-state index >= 15 is 0 Å². The Morgan fingerprint density at radius 1 is 1.14 bits per heavy atom. The summed E-state index contributed by atoms with van der Waals surface area (Å²) in [6.45, 7) is 4.96. The summed E-state index contributed by atoms with van der Waals surface area (Å²) in [4.78, 5) is 37.9. The Morgan fingerprint density at radius 3 is 2.54 bits per heavy atom. The number of hydrogen-bond donors (Lipinski definition) is 3.